The Morgan fingerprint density at radius 3 is 2.85 bits per heavy atom. The molecule has 1 aliphatic heterocycles. The van der Waals surface area contributed by atoms with Crippen molar-refractivity contribution in [2.45, 2.75) is 33.2 Å². The second kappa shape index (κ2) is 5.40. The molecule has 0 saturated heterocycles. The quantitative estimate of drug-likeness (QED) is 0.665. The van der Waals surface area contributed by atoms with Crippen molar-refractivity contribution in [3.05, 3.63) is 11.6 Å². The molecule has 0 spiro atoms. The molecule has 0 aromatic heterocycles. The molecule has 0 radical (unpaired) electrons. The first-order valence-electron chi connectivity index (χ1n) is 5.30. The van der Waals surface area contributed by atoms with E-state index in [-0.39, 0.29) is 0 Å². The van der Waals surface area contributed by atoms with Crippen LogP contribution in [0.3, 0.4) is 0 Å². The van der Waals surface area contributed by atoms with Gasteiger partial charge in [0.25, 0.3) is 0 Å². The van der Waals surface area contributed by atoms with Crippen molar-refractivity contribution in [1.82, 2.24) is 10.2 Å². The Kier molecular flexibility index (Phi) is 4.46. The molecule has 2 heteroatoms. The van der Waals surface area contributed by atoms with Crippen LogP contribution in [0.4, 0.5) is 0 Å². The third-order valence-electron chi connectivity index (χ3n) is 2.50. The maximum atomic E-state index is 3.44. The van der Waals surface area contributed by atoms with Gasteiger partial charge in [0, 0.05) is 32.2 Å². The second-order valence-electron chi connectivity index (χ2n) is 4.21. The summed E-state index contributed by atoms with van der Waals surface area (Å²) in [5.74, 6) is 0. The van der Waals surface area contributed by atoms with E-state index in [1.807, 2.05) is 0 Å². The molecule has 2 nitrogen and oxygen atoms in total. The third-order valence-corrected chi connectivity index (χ3v) is 2.50. The minimum Gasteiger partial charge on any atom is -0.313 e. The topological polar surface area (TPSA) is 15.3 Å². The van der Waals surface area contributed by atoms with E-state index >= 15 is 0 Å². The molecule has 0 fully saturated rings. The molecule has 0 saturated carbocycles. The molecular formula is C11H22N2. The zero-order valence-corrected chi connectivity index (χ0v) is 9.14. The minimum atomic E-state index is 0.613. The Bertz CT molecular complexity index is 173. The van der Waals surface area contributed by atoms with E-state index in [4.69, 9.17) is 0 Å². The molecule has 76 valence electrons. The highest BCUT2D eigenvalue weighted by molar-refractivity contribution is 5.03. The molecule has 0 aliphatic carbocycles. The first kappa shape index (κ1) is 10.7. The van der Waals surface area contributed by atoms with Crippen LogP contribution in [0.5, 0.6) is 0 Å². The van der Waals surface area contributed by atoms with Gasteiger partial charge in [-0.1, -0.05) is 25.5 Å². The lowest BCUT2D eigenvalue weighted by Crippen LogP contribution is -2.37. The van der Waals surface area contributed by atoms with Crippen molar-refractivity contribution < 1.29 is 0 Å². The van der Waals surface area contributed by atoms with E-state index < -0.39 is 0 Å². The fourth-order valence-corrected chi connectivity index (χ4v) is 1.53. The van der Waals surface area contributed by atoms with Gasteiger partial charge in [-0.05, 0) is 13.3 Å². The van der Waals surface area contributed by atoms with Crippen LogP contribution in [-0.2, 0) is 0 Å². The molecule has 0 bridgehead atoms. The number of rotatable bonds is 4. The predicted octanol–water partition coefficient (Wildman–Crippen LogP) is 1.64. The van der Waals surface area contributed by atoms with Crippen LogP contribution in [-0.4, -0.2) is 37.1 Å². The summed E-state index contributed by atoms with van der Waals surface area (Å²) in [6.07, 6.45) is 3.60. The van der Waals surface area contributed by atoms with Gasteiger partial charge in [0.15, 0.2) is 0 Å². The van der Waals surface area contributed by atoms with Crippen molar-refractivity contribution in [2.24, 2.45) is 0 Å². The highest BCUT2D eigenvalue weighted by Gasteiger charge is 2.07. The number of hydrogen-bond acceptors (Lipinski definition) is 2. The largest absolute Gasteiger partial charge is 0.313 e. The first-order valence-corrected chi connectivity index (χ1v) is 5.30. The minimum absolute atomic E-state index is 0.613. The van der Waals surface area contributed by atoms with Crippen LogP contribution in [0.25, 0.3) is 0 Å². The second-order valence-corrected chi connectivity index (χ2v) is 4.21. The Balaban J connectivity index is 2.10. The summed E-state index contributed by atoms with van der Waals surface area (Å²) in [5.41, 5.74) is 1.55. The Morgan fingerprint density at radius 2 is 2.31 bits per heavy atom. The summed E-state index contributed by atoms with van der Waals surface area (Å²) >= 11 is 0. The SMILES string of the molecule is CC1=CCN(CCNC(C)C)CC1. The van der Waals surface area contributed by atoms with Gasteiger partial charge in [0.1, 0.15) is 0 Å². The van der Waals surface area contributed by atoms with Gasteiger partial charge in [-0.25, -0.2) is 0 Å². The maximum Gasteiger partial charge on any atom is 0.0166 e. The van der Waals surface area contributed by atoms with Crippen molar-refractivity contribution in [2.75, 3.05) is 26.2 Å². The molecule has 0 amide bonds. The van der Waals surface area contributed by atoms with Gasteiger partial charge in [0.05, 0.1) is 0 Å². The Hall–Kier alpha value is -0.340. The number of nitrogens with zero attached hydrogens (tertiary/aromatic N) is 1. The van der Waals surface area contributed by atoms with Gasteiger partial charge in [-0.15, -0.1) is 0 Å². The average Bonchev–Trinajstić information content (AvgIpc) is 2.08. The lowest BCUT2D eigenvalue weighted by molar-refractivity contribution is 0.289. The predicted molar refractivity (Wildman–Crippen MR) is 58.0 cm³/mol. The summed E-state index contributed by atoms with van der Waals surface area (Å²) in [7, 11) is 0. The molecule has 0 atom stereocenters. The van der Waals surface area contributed by atoms with E-state index in [0.29, 0.717) is 6.04 Å². The standard InChI is InChI=1S/C11H22N2/c1-10(2)12-6-9-13-7-4-11(3)5-8-13/h4,10,12H,5-9H2,1-3H3. The summed E-state index contributed by atoms with van der Waals surface area (Å²) in [6, 6.07) is 0.613. The molecule has 1 rings (SSSR count). The van der Waals surface area contributed by atoms with Crippen molar-refractivity contribution >= 4 is 0 Å². The highest BCUT2D eigenvalue weighted by atomic mass is 15.1. The molecule has 1 aliphatic rings. The van der Waals surface area contributed by atoms with Crippen molar-refractivity contribution in [3.63, 3.8) is 0 Å². The van der Waals surface area contributed by atoms with E-state index in [9.17, 15) is 0 Å². The van der Waals surface area contributed by atoms with Crippen LogP contribution in [0.15, 0.2) is 11.6 Å². The Morgan fingerprint density at radius 1 is 1.54 bits per heavy atom. The molecule has 13 heavy (non-hydrogen) atoms. The van der Waals surface area contributed by atoms with Crippen molar-refractivity contribution in [3.8, 4) is 0 Å². The lowest BCUT2D eigenvalue weighted by Gasteiger charge is -2.25. The van der Waals surface area contributed by atoms with Crippen LogP contribution in [0.1, 0.15) is 27.2 Å². The molecule has 0 aromatic rings. The Labute approximate surface area is 82.0 Å². The van der Waals surface area contributed by atoms with Crippen molar-refractivity contribution in [1.29, 1.82) is 0 Å². The maximum absolute atomic E-state index is 3.44. The summed E-state index contributed by atoms with van der Waals surface area (Å²) in [5, 5.41) is 3.44. The monoisotopic (exact) mass is 182 g/mol. The van der Waals surface area contributed by atoms with E-state index in [1.165, 1.54) is 19.5 Å². The smallest absolute Gasteiger partial charge is 0.0166 e. The van der Waals surface area contributed by atoms with E-state index in [1.54, 1.807) is 5.57 Å². The zero-order chi connectivity index (χ0) is 9.68. The van der Waals surface area contributed by atoms with Crippen LogP contribution >= 0.6 is 0 Å². The van der Waals surface area contributed by atoms with Gasteiger partial charge in [-0.3, -0.25) is 4.90 Å². The summed E-state index contributed by atoms with van der Waals surface area (Å²) in [6.45, 7) is 11.3. The highest BCUT2D eigenvalue weighted by Crippen LogP contribution is 2.08. The summed E-state index contributed by atoms with van der Waals surface area (Å²) in [4.78, 5) is 2.50. The average molecular weight is 182 g/mol. The van der Waals surface area contributed by atoms with Crippen LogP contribution in [0.2, 0.25) is 0 Å². The molecule has 1 heterocycles. The van der Waals surface area contributed by atoms with Crippen LogP contribution < -0.4 is 5.32 Å². The van der Waals surface area contributed by atoms with Gasteiger partial charge < -0.3 is 5.32 Å². The summed E-state index contributed by atoms with van der Waals surface area (Å²) < 4.78 is 0. The molecular weight excluding hydrogens is 160 g/mol. The zero-order valence-electron chi connectivity index (χ0n) is 9.14. The van der Waals surface area contributed by atoms with Gasteiger partial charge in [-0.2, -0.15) is 0 Å². The molecule has 1 N–H and O–H groups in total. The van der Waals surface area contributed by atoms with E-state index in [2.05, 4.69) is 37.1 Å². The first-order chi connectivity index (χ1) is 6.18. The molecule has 0 unspecified atom stereocenters. The van der Waals surface area contributed by atoms with E-state index in [0.717, 1.165) is 13.1 Å². The number of nitrogens with one attached hydrogen (secondary N) is 1. The van der Waals surface area contributed by atoms with Gasteiger partial charge >= 0.3 is 0 Å². The number of hydrogen-bond donors (Lipinski definition) is 1. The third kappa shape index (κ3) is 4.44. The molecule has 0 aromatic carbocycles. The normalized spacial score (nSPS) is 19.2. The van der Waals surface area contributed by atoms with Crippen LogP contribution in [0, 0.1) is 0 Å². The fourth-order valence-electron chi connectivity index (χ4n) is 1.53. The van der Waals surface area contributed by atoms with Gasteiger partial charge in [0.2, 0.25) is 0 Å². The lowest BCUT2D eigenvalue weighted by atomic mass is 10.1. The fraction of sp³-hybridized carbons (Fsp3) is 0.818.